The number of nitrogens with zero attached hydrogens (tertiary/aromatic N) is 5. The Morgan fingerprint density at radius 3 is 2.78 bits per heavy atom. The second-order valence-corrected chi connectivity index (χ2v) is 8.25. The molecule has 0 radical (unpaired) electrons. The molecule has 1 fully saturated rings. The topological polar surface area (TPSA) is 76.7 Å². The molecule has 32 heavy (non-hydrogen) atoms. The molecule has 2 aliphatic heterocycles. The minimum absolute atomic E-state index is 0. The van der Waals surface area contributed by atoms with Crippen LogP contribution in [0.15, 0.2) is 34.1 Å². The normalized spacial score (nSPS) is 21.1. The van der Waals surface area contributed by atoms with Gasteiger partial charge in [-0.15, -0.1) is 24.0 Å². The van der Waals surface area contributed by atoms with Gasteiger partial charge in [-0.1, -0.05) is 12.1 Å². The summed E-state index contributed by atoms with van der Waals surface area (Å²) in [5.41, 5.74) is 0.958. The number of guanidine groups is 1. The highest BCUT2D eigenvalue weighted by molar-refractivity contribution is 14.0. The van der Waals surface area contributed by atoms with Crippen molar-refractivity contribution in [2.45, 2.75) is 57.9 Å². The van der Waals surface area contributed by atoms with Crippen molar-refractivity contribution in [2.75, 3.05) is 26.7 Å². The van der Waals surface area contributed by atoms with Gasteiger partial charge in [0.2, 0.25) is 0 Å². The number of nitrogens with one attached hydrogen (secondary N) is 1. The van der Waals surface area contributed by atoms with Gasteiger partial charge in [-0.05, 0) is 43.9 Å². The lowest BCUT2D eigenvalue weighted by molar-refractivity contribution is -0.0605. The van der Waals surface area contributed by atoms with Crippen LogP contribution in [-0.4, -0.2) is 58.0 Å². The number of fused-ring (bicyclic) bond motifs is 1. The summed E-state index contributed by atoms with van der Waals surface area (Å²) >= 11 is 0. The van der Waals surface area contributed by atoms with E-state index in [1.807, 2.05) is 6.92 Å². The lowest BCUT2D eigenvalue weighted by atomic mass is 10.1. The summed E-state index contributed by atoms with van der Waals surface area (Å²) < 4.78 is 22.7. The average molecular weight is 558 g/mol. The van der Waals surface area contributed by atoms with Gasteiger partial charge in [-0.25, -0.2) is 13.9 Å². The standard InChI is InChI=1S/C22H31FN6O2.HI/c1-16-14-27(15-19(31-16)17-7-9-18(23)10-8-17)21(24-2)25-11-5-13-29-22(30)28-12-4-3-6-20(28)26-29;/h7-10,16,19H,3-6,11-15H2,1-2H3,(H,24,25);1H. The van der Waals surface area contributed by atoms with Crippen LogP contribution in [0.25, 0.3) is 0 Å². The molecule has 0 bridgehead atoms. The Labute approximate surface area is 204 Å². The first-order chi connectivity index (χ1) is 15.0. The Bertz CT molecular complexity index is 974. The van der Waals surface area contributed by atoms with Crippen LogP contribution in [0.1, 0.15) is 43.7 Å². The summed E-state index contributed by atoms with van der Waals surface area (Å²) in [5, 5.41) is 7.89. The van der Waals surface area contributed by atoms with Crippen molar-refractivity contribution >= 4 is 29.9 Å². The van der Waals surface area contributed by atoms with Crippen LogP contribution < -0.4 is 11.0 Å². The minimum atomic E-state index is -0.250. The first-order valence-corrected chi connectivity index (χ1v) is 11.1. The van der Waals surface area contributed by atoms with Crippen molar-refractivity contribution in [1.82, 2.24) is 24.6 Å². The van der Waals surface area contributed by atoms with Gasteiger partial charge in [0.15, 0.2) is 5.96 Å². The molecule has 8 nitrogen and oxygen atoms in total. The fraction of sp³-hybridized carbons (Fsp3) is 0.591. The fourth-order valence-corrected chi connectivity index (χ4v) is 4.34. The van der Waals surface area contributed by atoms with E-state index in [0.29, 0.717) is 19.6 Å². The Hall–Kier alpha value is -1.95. The third-order valence-corrected chi connectivity index (χ3v) is 5.87. The zero-order valence-electron chi connectivity index (χ0n) is 18.7. The summed E-state index contributed by atoms with van der Waals surface area (Å²) in [6, 6.07) is 6.47. The van der Waals surface area contributed by atoms with Crippen molar-refractivity contribution in [2.24, 2.45) is 4.99 Å². The quantitative estimate of drug-likeness (QED) is 0.264. The molecule has 0 spiro atoms. The molecule has 4 rings (SSSR count). The number of rotatable bonds is 5. The maximum atomic E-state index is 13.3. The number of aryl methyl sites for hydroxylation is 2. The zero-order valence-corrected chi connectivity index (χ0v) is 21.0. The number of aliphatic imine (C=N–C) groups is 1. The van der Waals surface area contributed by atoms with Crippen molar-refractivity contribution < 1.29 is 9.13 Å². The summed E-state index contributed by atoms with van der Waals surface area (Å²) in [4.78, 5) is 19.0. The second-order valence-electron chi connectivity index (χ2n) is 8.25. The SMILES string of the molecule is CN=C(NCCCn1nc2n(c1=O)CCCC2)N1CC(C)OC(c2ccc(F)cc2)C1.I. The van der Waals surface area contributed by atoms with E-state index in [2.05, 4.69) is 20.3 Å². The number of hydrogen-bond donors (Lipinski definition) is 1. The van der Waals surface area contributed by atoms with E-state index in [-0.39, 0.29) is 47.7 Å². The molecule has 3 heterocycles. The molecule has 176 valence electrons. The van der Waals surface area contributed by atoms with E-state index in [4.69, 9.17) is 4.74 Å². The molecular weight excluding hydrogens is 526 g/mol. The molecule has 2 aromatic rings. The summed E-state index contributed by atoms with van der Waals surface area (Å²) in [5.74, 6) is 1.47. The fourth-order valence-electron chi connectivity index (χ4n) is 4.34. The minimum Gasteiger partial charge on any atom is -0.367 e. The maximum absolute atomic E-state index is 13.3. The Balaban J connectivity index is 0.00000289. The van der Waals surface area contributed by atoms with Crippen molar-refractivity contribution in [3.8, 4) is 0 Å². The Morgan fingerprint density at radius 2 is 2.06 bits per heavy atom. The van der Waals surface area contributed by atoms with Crippen molar-refractivity contribution in [1.29, 1.82) is 0 Å². The van der Waals surface area contributed by atoms with Crippen LogP contribution in [0.5, 0.6) is 0 Å². The van der Waals surface area contributed by atoms with Gasteiger partial charge in [0.05, 0.1) is 12.6 Å². The number of benzene rings is 1. The highest BCUT2D eigenvalue weighted by atomic mass is 127. The first kappa shape index (κ1) is 24.7. The van der Waals surface area contributed by atoms with Crippen LogP contribution in [0.3, 0.4) is 0 Å². The highest BCUT2D eigenvalue weighted by Crippen LogP contribution is 2.25. The van der Waals surface area contributed by atoms with Crippen molar-refractivity contribution in [3.05, 3.63) is 52.0 Å². The van der Waals surface area contributed by atoms with E-state index in [1.54, 1.807) is 28.4 Å². The summed E-state index contributed by atoms with van der Waals surface area (Å²) in [6.45, 7) is 5.45. The summed E-state index contributed by atoms with van der Waals surface area (Å²) in [7, 11) is 1.77. The highest BCUT2D eigenvalue weighted by Gasteiger charge is 2.28. The smallest absolute Gasteiger partial charge is 0.345 e. The third kappa shape index (κ3) is 5.69. The zero-order chi connectivity index (χ0) is 21.8. The second kappa shape index (κ2) is 11.3. The molecule has 0 aliphatic carbocycles. The van der Waals surface area contributed by atoms with E-state index in [0.717, 1.165) is 56.1 Å². The van der Waals surface area contributed by atoms with Gasteiger partial charge < -0.3 is 15.0 Å². The molecule has 10 heteroatoms. The molecule has 0 saturated carbocycles. The predicted octanol–water partition coefficient (Wildman–Crippen LogP) is 2.57. The van der Waals surface area contributed by atoms with Crippen LogP contribution >= 0.6 is 24.0 Å². The number of halogens is 2. The van der Waals surface area contributed by atoms with Gasteiger partial charge in [0.1, 0.15) is 17.7 Å². The molecule has 1 saturated heterocycles. The van der Waals surface area contributed by atoms with E-state index < -0.39 is 0 Å². The van der Waals surface area contributed by atoms with Gasteiger partial charge in [0.25, 0.3) is 0 Å². The van der Waals surface area contributed by atoms with E-state index >= 15 is 0 Å². The maximum Gasteiger partial charge on any atom is 0.345 e. The van der Waals surface area contributed by atoms with Crippen LogP contribution in [-0.2, 0) is 24.2 Å². The number of hydrogen-bond acceptors (Lipinski definition) is 4. The number of ether oxygens (including phenoxy) is 1. The molecule has 1 N–H and O–H groups in total. The molecule has 2 unspecified atom stereocenters. The van der Waals surface area contributed by atoms with Crippen LogP contribution in [0.2, 0.25) is 0 Å². The first-order valence-electron chi connectivity index (χ1n) is 11.1. The molecule has 2 aliphatic rings. The largest absolute Gasteiger partial charge is 0.367 e. The van der Waals surface area contributed by atoms with Gasteiger partial charge >= 0.3 is 5.69 Å². The van der Waals surface area contributed by atoms with Crippen LogP contribution in [0, 0.1) is 5.82 Å². The average Bonchev–Trinajstić information content (AvgIpc) is 3.09. The lowest BCUT2D eigenvalue weighted by Crippen LogP contribution is -2.51. The predicted molar refractivity (Wildman–Crippen MR) is 132 cm³/mol. The van der Waals surface area contributed by atoms with E-state index in [1.165, 1.54) is 12.1 Å². The van der Waals surface area contributed by atoms with Gasteiger partial charge in [-0.2, -0.15) is 5.10 Å². The molecule has 0 amide bonds. The van der Waals surface area contributed by atoms with Crippen LogP contribution in [0.4, 0.5) is 4.39 Å². The van der Waals surface area contributed by atoms with Gasteiger partial charge in [-0.3, -0.25) is 9.56 Å². The van der Waals surface area contributed by atoms with Crippen molar-refractivity contribution in [3.63, 3.8) is 0 Å². The number of aromatic nitrogens is 3. The molecule has 1 aromatic carbocycles. The third-order valence-electron chi connectivity index (χ3n) is 5.87. The molecular formula is C22H32FIN6O2. The van der Waals surface area contributed by atoms with Gasteiger partial charge in [0, 0.05) is 39.6 Å². The Kier molecular flexibility index (Phi) is 8.69. The monoisotopic (exact) mass is 558 g/mol. The summed E-state index contributed by atoms with van der Waals surface area (Å²) in [6.07, 6.45) is 3.70. The van der Waals surface area contributed by atoms with E-state index in [9.17, 15) is 9.18 Å². The number of morpholine rings is 1. The Morgan fingerprint density at radius 1 is 1.28 bits per heavy atom. The molecule has 1 aromatic heterocycles. The molecule has 2 atom stereocenters. The lowest BCUT2D eigenvalue weighted by Gasteiger charge is -2.38.